The van der Waals surface area contributed by atoms with Crippen molar-refractivity contribution in [2.45, 2.75) is 11.8 Å². The van der Waals surface area contributed by atoms with Crippen molar-refractivity contribution in [2.75, 3.05) is 55.8 Å². The van der Waals surface area contributed by atoms with Crippen LogP contribution in [0.1, 0.15) is 0 Å². The van der Waals surface area contributed by atoms with Crippen molar-refractivity contribution in [1.29, 1.82) is 0 Å². The van der Waals surface area contributed by atoms with Gasteiger partial charge in [-0.15, -0.1) is 11.3 Å². The Morgan fingerprint density at radius 2 is 1.77 bits per heavy atom. The molecule has 0 saturated carbocycles. The lowest BCUT2D eigenvalue weighted by atomic mass is 10.0. The van der Waals surface area contributed by atoms with Gasteiger partial charge in [-0.3, -0.25) is 0 Å². The first-order valence-corrected chi connectivity index (χ1v) is 9.85. The van der Waals surface area contributed by atoms with Crippen LogP contribution in [0.4, 0.5) is 24.3 Å². The first kappa shape index (κ1) is 22.2. The number of carbonyl (C=O) groups is 1. The van der Waals surface area contributed by atoms with Crippen LogP contribution in [-0.4, -0.2) is 83.8 Å². The quantitative estimate of drug-likeness (QED) is 0.737. The number of halogens is 3. The molecule has 1 spiro atoms. The Bertz CT molecular complexity index is 811. The third-order valence-corrected chi connectivity index (χ3v) is 5.20. The minimum Gasteiger partial charge on any atom is -0.475 e. The summed E-state index contributed by atoms with van der Waals surface area (Å²) in [4.78, 5) is 26.5. The molecule has 164 valence electrons. The Labute approximate surface area is 174 Å². The fourth-order valence-corrected chi connectivity index (χ4v) is 3.76. The molecule has 1 unspecified atom stereocenters. The average molecular weight is 447 g/mol. The van der Waals surface area contributed by atoms with E-state index in [1.165, 1.54) is 0 Å². The highest BCUT2D eigenvalue weighted by Crippen LogP contribution is 2.28. The first-order chi connectivity index (χ1) is 14.3. The van der Waals surface area contributed by atoms with Crippen LogP contribution in [0.25, 0.3) is 0 Å². The summed E-state index contributed by atoms with van der Waals surface area (Å²) in [7, 11) is 0. The highest BCUT2D eigenvalue weighted by molar-refractivity contribution is 7.13. The number of hydrogen-bond acceptors (Lipinski definition) is 9. The van der Waals surface area contributed by atoms with Gasteiger partial charge in [0.05, 0.1) is 32.9 Å². The summed E-state index contributed by atoms with van der Waals surface area (Å²) in [5.74, 6) is -2.03. The number of carboxylic acids is 1. The van der Waals surface area contributed by atoms with Gasteiger partial charge in [0.15, 0.2) is 5.13 Å². The van der Waals surface area contributed by atoms with Crippen molar-refractivity contribution in [3.8, 4) is 0 Å². The molecular formula is C17H20F3N5O4S. The van der Waals surface area contributed by atoms with Crippen molar-refractivity contribution in [3.05, 3.63) is 30.0 Å². The van der Waals surface area contributed by atoms with Crippen molar-refractivity contribution in [2.24, 2.45) is 0 Å². The SMILES string of the molecule is O=C(O)C(F)(F)F.c1cnc(N2CCOCC3(C2)CN(c2nccs2)CCO3)nc1. The summed E-state index contributed by atoms with van der Waals surface area (Å²) in [6.07, 6.45) is 0.296. The summed E-state index contributed by atoms with van der Waals surface area (Å²) in [5, 5.41) is 10.2. The summed E-state index contributed by atoms with van der Waals surface area (Å²) >= 11 is 1.66. The number of hydrogen-bond donors (Lipinski definition) is 1. The molecule has 9 nitrogen and oxygen atoms in total. The highest BCUT2D eigenvalue weighted by atomic mass is 32.1. The number of thiazole rings is 1. The Morgan fingerprint density at radius 1 is 1.10 bits per heavy atom. The molecule has 0 aromatic carbocycles. The second-order valence-corrected chi connectivity index (χ2v) is 7.47. The van der Waals surface area contributed by atoms with Crippen LogP contribution in [0.2, 0.25) is 0 Å². The van der Waals surface area contributed by atoms with Crippen LogP contribution in [0.3, 0.4) is 0 Å². The average Bonchev–Trinajstić information content (AvgIpc) is 3.19. The largest absolute Gasteiger partial charge is 0.490 e. The van der Waals surface area contributed by atoms with Crippen LogP contribution in [-0.2, 0) is 14.3 Å². The molecule has 2 aliphatic rings. The van der Waals surface area contributed by atoms with E-state index in [1.807, 2.05) is 17.6 Å². The van der Waals surface area contributed by atoms with Crippen LogP contribution < -0.4 is 9.80 Å². The summed E-state index contributed by atoms with van der Waals surface area (Å²) in [6, 6.07) is 1.83. The molecule has 13 heteroatoms. The molecule has 2 saturated heterocycles. The zero-order valence-corrected chi connectivity index (χ0v) is 16.6. The molecule has 2 aromatic rings. The van der Waals surface area contributed by atoms with E-state index in [4.69, 9.17) is 19.4 Å². The molecule has 0 bridgehead atoms. The number of rotatable bonds is 2. The smallest absolute Gasteiger partial charge is 0.475 e. The van der Waals surface area contributed by atoms with E-state index in [0.717, 1.165) is 37.3 Å². The number of morpholine rings is 1. The van der Waals surface area contributed by atoms with Gasteiger partial charge in [-0.05, 0) is 6.07 Å². The van der Waals surface area contributed by atoms with Gasteiger partial charge in [0.25, 0.3) is 0 Å². The van der Waals surface area contributed by atoms with Gasteiger partial charge in [-0.1, -0.05) is 0 Å². The molecule has 30 heavy (non-hydrogen) atoms. The van der Waals surface area contributed by atoms with Gasteiger partial charge >= 0.3 is 12.1 Å². The van der Waals surface area contributed by atoms with Gasteiger partial charge in [0.1, 0.15) is 5.60 Å². The minimum absolute atomic E-state index is 0.375. The normalized spacial score (nSPS) is 22.2. The molecule has 2 aromatic heterocycles. The molecule has 0 aliphatic carbocycles. The van der Waals surface area contributed by atoms with E-state index in [1.54, 1.807) is 23.7 Å². The molecule has 0 amide bonds. The van der Waals surface area contributed by atoms with E-state index < -0.39 is 12.1 Å². The third kappa shape index (κ3) is 5.77. The molecule has 4 heterocycles. The number of aromatic nitrogens is 3. The van der Waals surface area contributed by atoms with E-state index in [-0.39, 0.29) is 5.60 Å². The summed E-state index contributed by atoms with van der Waals surface area (Å²) in [6.45, 7) is 5.03. The van der Waals surface area contributed by atoms with Gasteiger partial charge in [0, 0.05) is 37.1 Å². The maximum Gasteiger partial charge on any atom is 0.490 e. The Balaban J connectivity index is 0.000000318. The number of aliphatic carboxylic acids is 1. The summed E-state index contributed by atoms with van der Waals surface area (Å²) < 4.78 is 43.8. The molecule has 1 N–H and O–H groups in total. The fourth-order valence-electron chi connectivity index (χ4n) is 3.09. The van der Waals surface area contributed by atoms with E-state index in [2.05, 4.69) is 24.8 Å². The monoisotopic (exact) mass is 447 g/mol. The van der Waals surface area contributed by atoms with Crippen LogP contribution in [0.15, 0.2) is 30.0 Å². The van der Waals surface area contributed by atoms with Gasteiger partial charge in [-0.2, -0.15) is 13.2 Å². The van der Waals surface area contributed by atoms with Crippen LogP contribution in [0.5, 0.6) is 0 Å². The Hall–Kier alpha value is -2.51. The standard InChI is InChI=1S/C15H19N5O2S.C2HF3O2/c1-2-16-13(17-3-1)19-5-7-21-12-15(10-19)11-20(6-8-22-15)14-18-4-9-23-14;3-2(4,5)1(6)7/h1-4,9H,5-8,10-12H2;(H,6,7). The van der Waals surface area contributed by atoms with Crippen molar-refractivity contribution in [3.63, 3.8) is 0 Å². The fraction of sp³-hybridized carbons (Fsp3) is 0.529. The Morgan fingerprint density at radius 3 is 2.40 bits per heavy atom. The van der Waals surface area contributed by atoms with Crippen LogP contribution >= 0.6 is 11.3 Å². The third-order valence-electron chi connectivity index (χ3n) is 4.37. The van der Waals surface area contributed by atoms with Gasteiger partial charge < -0.3 is 24.4 Å². The zero-order chi connectivity index (χ0) is 21.6. The lowest BCUT2D eigenvalue weighted by Gasteiger charge is -2.43. The van der Waals surface area contributed by atoms with Crippen molar-refractivity contribution < 1.29 is 32.5 Å². The second-order valence-electron chi connectivity index (χ2n) is 6.59. The van der Waals surface area contributed by atoms with E-state index in [9.17, 15) is 13.2 Å². The number of ether oxygens (including phenoxy) is 2. The topological polar surface area (TPSA) is 101 Å². The van der Waals surface area contributed by atoms with E-state index in [0.29, 0.717) is 19.8 Å². The second kappa shape index (κ2) is 9.53. The predicted molar refractivity (Wildman–Crippen MR) is 102 cm³/mol. The number of alkyl halides is 3. The molecule has 0 radical (unpaired) electrons. The number of carboxylic acid groups (broad SMARTS) is 1. The highest BCUT2D eigenvalue weighted by Gasteiger charge is 2.41. The zero-order valence-electron chi connectivity index (χ0n) is 15.8. The van der Waals surface area contributed by atoms with Crippen LogP contribution in [0, 0.1) is 0 Å². The number of anilines is 2. The maximum atomic E-state index is 10.6. The lowest BCUT2D eigenvalue weighted by molar-refractivity contribution is -0.192. The maximum absolute atomic E-state index is 10.6. The molecule has 2 aliphatic heterocycles. The lowest BCUT2D eigenvalue weighted by Crippen LogP contribution is -2.59. The molecule has 2 fully saturated rings. The first-order valence-electron chi connectivity index (χ1n) is 8.97. The van der Waals surface area contributed by atoms with Gasteiger partial charge in [0.2, 0.25) is 5.95 Å². The molecular weight excluding hydrogens is 427 g/mol. The van der Waals surface area contributed by atoms with E-state index >= 15 is 0 Å². The molecule has 4 rings (SSSR count). The van der Waals surface area contributed by atoms with Crippen molar-refractivity contribution >= 4 is 28.4 Å². The predicted octanol–water partition coefficient (Wildman–Crippen LogP) is 1.68. The minimum atomic E-state index is -5.08. The summed E-state index contributed by atoms with van der Waals surface area (Å²) in [5.41, 5.74) is -0.375. The number of nitrogens with zero attached hydrogens (tertiary/aromatic N) is 5. The van der Waals surface area contributed by atoms with Gasteiger partial charge in [-0.25, -0.2) is 19.7 Å². The van der Waals surface area contributed by atoms with Crippen molar-refractivity contribution in [1.82, 2.24) is 15.0 Å². The molecule has 1 atom stereocenters. The Kier molecular flexibility index (Phi) is 7.05.